The van der Waals surface area contributed by atoms with Crippen LogP contribution in [0.15, 0.2) is 52.6 Å². The molecule has 1 aliphatic heterocycles. The molecule has 37 heavy (non-hydrogen) atoms. The quantitative estimate of drug-likeness (QED) is 0.430. The van der Waals surface area contributed by atoms with Crippen LogP contribution >= 0.6 is 11.8 Å². The lowest BCUT2D eigenvalue weighted by Gasteiger charge is -2.32. The van der Waals surface area contributed by atoms with Gasteiger partial charge >= 0.3 is 0 Å². The topological polar surface area (TPSA) is 123 Å². The van der Waals surface area contributed by atoms with Crippen molar-refractivity contribution in [1.82, 2.24) is 24.3 Å². The van der Waals surface area contributed by atoms with Crippen molar-refractivity contribution in [2.45, 2.75) is 35.6 Å². The predicted molar refractivity (Wildman–Crippen MR) is 133 cm³/mol. The first-order valence-electron chi connectivity index (χ1n) is 11.7. The van der Waals surface area contributed by atoms with Crippen LogP contribution in [0.25, 0.3) is 16.6 Å². The molecule has 0 aliphatic carbocycles. The summed E-state index contributed by atoms with van der Waals surface area (Å²) < 4.78 is 17.3. The van der Waals surface area contributed by atoms with Gasteiger partial charge in [-0.1, -0.05) is 11.8 Å². The number of halogens is 1. The van der Waals surface area contributed by atoms with Gasteiger partial charge in [0, 0.05) is 45.9 Å². The van der Waals surface area contributed by atoms with Crippen LogP contribution in [0.3, 0.4) is 0 Å². The molecule has 0 atom stereocenters. The minimum absolute atomic E-state index is 0.126. The second-order valence-corrected chi connectivity index (χ2v) is 9.85. The molecule has 4 aromatic rings. The Morgan fingerprint density at radius 3 is 2.59 bits per heavy atom. The number of rotatable bonds is 5. The van der Waals surface area contributed by atoms with E-state index >= 15 is 0 Å². The highest BCUT2D eigenvalue weighted by Gasteiger charge is 2.26. The fourth-order valence-corrected chi connectivity index (χ4v) is 5.80. The Morgan fingerprint density at radius 1 is 1.14 bits per heavy atom. The zero-order chi connectivity index (χ0) is 26.1. The number of nitrogens with zero attached hydrogens (tertiary/aromatic N) is 7. The molecule has 1 saturated heterocycles. The largest absolute Gasteiger partial charge is 0.387 e. The summed E-state index contributed by atoms with van der Waals surface area (Å²) in [5, 5.41) is 37.3. The standard InChI is InChI=1S/C26H22FN7O2S/c1-16-22(13-31-34(16)21-4-6-32(7-5-21)25(36)15-35)18-9-24(26-19(11-29)12-30-33(26)14-18)37-23-3-2-20(27)8-17(23)10-28/h2-3,8-9,12-14,21,35H,4-7,15H2,1H3. The number of nitriles is 2. The highest BCUT2D eigenvalue weighted by atomic mass is 32.2. The second kappa shape index (κ2) is 10.1. The molecular weight excluding hydrogens is 493 g/mol. The minimum atomic E-state index is -0.489. The van der Waals surface area contributed by atoms with Crippen molar-refractivity contribution in [2.24, 2.45) is 0 Å². The van der Waals surface area contributed by atoms with Crippen molar-refractivity contribution < 1.29 is 14.3 Å². The second-order valence-electron chi connectivity index (χ2n) is 8.77. The Balaban J connectivity index is 1.52. The molecule has 0 spiro atoms. The van der Waals surface area contributed by atoms with Gasteiger partial charge in [-0.3, -0.25) is 9.48 Å². The lowest BCUT2D eigenvalue weighted by molar-refractivity contribution is -0.135. The van der Waals surface area contributed by atoms with Crippen molar-refractivity contribution in [2.75, 3.05) is 19.7 Å². The van der Waals surface area contributed by atoms with Crippen molar-refractivity contribution >= 4 is 23.2 Å². The van der Waals surface area contributed by atoms with Gasteiger partial charge in [-0.2, -0.15) is 20.7 Å². The number of benzene rings is 1. The maximum atomic E-state index is 13.7. The Hall–Kier alpha value is -4.19. The molecule has 1 amide bonds. The molecule has 0 bridgehead atoms. The van der Waals surface area contributed by atoms with Crippen molar-refractivity contribution in [1.29, 1.82) is 10.5 Å². The molecule has 11 heteroatoms. The summed E-state index contributed by atoms with van der Waals surface area (Å²) in [6.07, 6.45) is 6.60. The number of piperidine rings is 1. The van der Waals surface area contributed by atoms with Gasteiger partial charge in [-0.25, -0.2) is 8.91 Å². The van der Waals surface area contributed by atoms with Crippen LogP contribution in [0.2, 0.25) is 0 Å². The Labute approximate surface area is 216 Å². The van der Waals surface area contributed by atoms with Gasteiger partial charge < -0.3 is 10.0 Å². The number of aliphatic hydroxyl groups is 1. The van der Waals surface area contributed by atoms with E-state index in [1.807, 2.05) is 29.9 Å². The predicted octanol–water partition coefficient (Wildman–Crippen LogP) is 3.70. The smallest absolute Gasteiger partial charge is 0.248 e. The lowest BCUT2D eigenvalue weighted by atomic mass is 10.0. The third kappa shape index (κ3) is 4.55. The fourth-order valence-electron chi connectivity index (χ4n) is 4.72. The summed E-state index contributed by atoms with van der Waals surface area (Å²) in [6.45, 7) is 2.64. The van der Waals surface area contributed by atoms with Crippen LogP contribution in [0.1, 0.15) is 35.7 Å². The van der Waals surface area contributed by atoms with E-state index in [1.165, 1.54) is 30.1 Å². The molecule has 0 unspecified atom stereocenters. The SMILES string of the molecule is Cc1c(-c2cc(Sc3ccc(F)cc3C#N)c3c(C#N)cnn3c2)cnn1C1CCN(C(=O)CO)CC1. The van der Waals surface area contributed by atoms with Crippen LogP contribution in [-0.4, -0.2) is 55.0 Å². The first-order chi connectivity index (χ1) is 17.9. The van der Waals surface area contributed by atoms with E-state index in [-0.39, 0.29) is 17.5 Å². The third-order valence-electron chi connectivity index (χ3n) is 6.63. The van der Waals surface area contributed by atoms with Crippen LogP contribution in [0.4, 0.5) is 4.39 Å². The van der Waals surface area contributed by atoms with Gasteiger partial charge in [0.2, 0.25) is 5.91 Å². The maximum Gasteiger partial charge on any atom is 0.248 e. The first-order valence-corrected chi connectivity index (χ1v) is 12.5. The van der Waals surface area contributed by atoms with Crippen molar-refractivity contribution in [3.05, 3.63) is 65.5 Å². The van der Waals surface area contributed by atoms with Gasteiger partial charge in [0.25, 0.3) is 0 Å². The van der Waals surface area contributed by atoms with E-state index < -0.39 is 12.4 Å². The molecule has 1 fully saturated rings. The molecule has 0 saturated carbocycles. The molecule has 1 N–H and O–H groups in total. The van der Waals surface area contributed by atoms with Gasteiger partial charge in [-0.05, 0) is 44.0 Å². The Bertz CT molecular complexity index is 1590. The molecule has 5 rings (SSSR count). The number of fused-ring (bicyclic) bond motifs is 1. The molecule has 9 nitrogen and oxygen atoms in total. The van der Waals surface area contributed by atoms with Gasteiger partial charge in [0.05, 0.1) is 35.1 Å². The van der Waals surface area contributed by atoms with E-state index in [9.17, 15) is 19.7 Å². The highest BCUT2D eigenvalue weighted by Crippen LogP contribution is 2.38. The number of aromatic nitrogens is 4. The summed E-state index contributed by atoms with van der Waals surface area (Å²) in [5.41, 5.74) is 3.89. The zero-order valence-electron chi connectivity index (χ0n) is 19.9. The van der Waals surface area contributed by atoms with Crippen molar-refractivity contribution in [3.8, 4) is 23.3 Å². The molecule has 1 aromatic carbocycles. The van der Waals surface area contributed by atoms with Gasteiger partial charge in [0.15, 0.2) is 0 Å². The van der Waals surface area contributed by atoms with E-state index in [4.69, 9.17) is 5.11 Å². The Morgan fingerprint density at radius 2 is 1.89 bits per heavy atom. The zero-order valence-corrected chi connectivity index (χ0v) is 20.7. The molecule has 0 radical (unpaired) electrons. The van der Waals surface area contributed by atoms with E-state index in [2.05, 4.69) is 16.3 Å². The summed E-state index contributed by atoms with van der Waals surface area (Å²) in [6, 6.07) is 10.3. The summed E-state index contributed by atoms with van der Waals surface area (Å²) >= 11 is 1.28. The van der Waals surface area contributed by atoms with Crippen molar-refractivity contribution in [3.63, 3.8) is 0 Å². The molecule has 1 aliphatic rings. The Kier molecular flexibility index (Phi) is 6.66. The van der Waals surface area contributed by atoms with Gasteiger partial charge in [0.1, 0.15) is 24.6 Å². The number of hydrogen-bond donors (Lipinski definition) is 1. The average Bonchev–Trinajstić information content (AvgIpc) is 3.52. The minimum Gasteiger partial charge on any atom is -0.387 e. The third-order valence-corrected chi connectivity index (χ3v) is 7.74. The summed E-state index contributed by atoms with van der Waals surface area (Å²) in [5.74, 6) is -0.747. The van der Waals surface area contributed by atoms with Crippen LogP contribution in [0.5, 0.6) is 0 Å². The number of hydrogen-bond acceptors (Lipinski definition) is 7. The first kappa shape index (κ1) is 24.5. The van der Waals surface area contributed by atoms with Crippen LogP contribution in [0, 0.1) is 35.4 Å². The maximum absolute atomic E-state index is 13.7. The summed E-state index contributed by atoms with van der Waals surface area (Å²) in [4.78, 5) is 14.8. The number of amides is 1. The number of pyridine rings is 1. The average molecular weight is 516 g/mol. The number of aliphatic hydroxyl groups excluding tert-OH is 1. The molecular formula is C26H22FN7O2S. The molecule has 186 valence electrons. The molecule has 3 aromatic heterocycles. The summed E-state index contributed by atoms with van der Waals surface area (Å²) in [7, 11) is 0. The molecule has 4 heterocycles. The number of carbonyl (C=O) groups is 1. The highest BCUT2D eigenvalue weighted by molar-refractivity contribution is 7.99. The van der Waals surface area contributed by atoms with E-state index in [1.54, 1.807) is 21.7 Å². The van der Waals surface area contributed by atoms with E-state index in [0.717, 1.165) is 29.7 Å². The van der Waals surface area contributed by atoms with Gasteiger partial charge in [-0.15, -0.1) is 0 Å². The normalized spacial score (nSPS) is 14.0. The number of likely N-dealkylation sites (tertiary alicyclic amines) is 1. The van der Waals surface area contributed by atoms with E-state index in [0.29, 0.717) is 34.0 Å². The number of carbonyl (C=O) groups excluding carboxylic acids is 1. The van der Waals surface area contributed by atoms with Crippen LogP contribution in [-0.2, 0) is 4.79 Å². The fraction of sp³-hybridized carbons (Fsp3) is 0.269. The monoisotopic (exact) mass is 515 g/mol. The van der Waals surface area contributed by atoms with Crippen LogP contribution < -0.4 is 0 Å². The lowest BCUT2D eigenvalue weighted by Crippen LogP contribution is -2.40.